The van der Waals surface area contributed by atoms with E-state index in [2.05, 4.69) is 5.32 Å². The Morgan fingerprint density at radius 2 is 1.88 bits per heavy atom. The molecule has 3 rings (SSSR count). The van der Waals surface area contributed by atoms with Crippen molar-refractivity contribution in [2.24, 2.45) is 0 Å². The maximum Gasteiger partial charge on any atom is 0.264 e. The van der Waals surface area contributed by atoms with Crippen LogP contribution in [0.2, 0.25) is 5.02 Å². The second kappa shape index (κ2) is 7.43. The number of hydrogen-bond acceptors (Lipinski definition) is 5. The predicted molar refractivity (Wildman–Crippen MR) is 97.5 cm³/mol. The first-order valence-corrected chi connectivity index (χ1v) is 9.62. The second-order valence-electron chi connectivity index (χ2n) is 5.47. The zero-order valence-electron chi connectivity index (χ0n) is 13.9. The van der Waals surface area contributed by atoms with E-state index in [0.717, 1.165) is 4.31 Å². The number of fused-ring (bicyclic) bond motifs is 1. The van der Waals surface area contributed by atoms with E-state index >= 15 is 0 Å². The summed E-state index contributed by atoms with van der Waals surface area (Å²) in [5, 5.41) is 2.79. The van der Waals surface area contributed by atoms with E-state index in [1.54, 1.807) is 18.2 Å². The van der Waals surface area contributed by atoms with Gasteiger partial charge in [0.15, 0.2) is 11.5 Å². The fourth-order valence-corrected chi connectivity index (χ4v) is 4.08. The van der Waals surface area contributed by atoms with Gasteiger partial charge < -0.3 is 14.8 Å². The average molecular weight is 397 g/mol. The minimum absolute atomic E-state index is 0.00868. The first kappa shape index (κ1) is 18.3. The molecule has 2 aromatic rings. The third-order valence-electron chi connectivity index (χ3n) is 3.76. The van der Waals surface area contributed by atoms with Gasteiger partial charge in [0.2, 0.25) is 5.91 Å². The Kier molecular flexibility index (Phi) is 5.24. The van der Waals surface area contributed by atoms with E-state index in [1.165, 1.54) is 31.3 Å². The van der Waals surface area contributed by atoms with Crippen LogP contribution < -0.4 is 19.1 Å². The van der Waals surface area contributed by atoms with Crippen LogP contribution in [0.1, 0.15) is 0 Å². The van der Waals surface area contributed by atoms with Crippen molar-refractivity contribution in [2.45, 2.75) is 4.90 Å². The first-order valence-electron chi connectivity index (χ1n) is 7.80. The van der Waals surface area contributed by atoms with Gasteiger partial charge in [-0.1, -0.05) is 17.7 Å². The van der Waals surface area contributed by atoms with Gasteiger partial charge in [-0.05, 0) is 30.3 Å². The number of carbonyl (C=O) groups excluding carboxylic acids is 1. The van der Waals surface area contributed by atoms with Gasteiger partial charge in [-0.3, -0.25) is 9.10 Å². The SMILES string of the molecule is CNC(=O)CN(c1cccc(Cl)c1)S(=O)(=O)c1ccc2c(c1)OCCO2. The van der Waals surface area contributed by atoms with Gasteiger partial charge in [-0.2, -0.15) is 0 Å². The Labute approximate surface area is 156 Å². The molecule has 1 aliphatic rings. The molecule has 0 atom stereocenters. The second-order valence-corrected chi connectivity index (χ2v) is 7.77. The Morgan fingerprint density at radius 1 is 1.15 bits per heavy atom. The van der Waals surface area contributed by atoms with Crippen molar-refractivity contribution in [2.75, 3.05) is 31.1 Å². The molecule has 0 spiro atoms. The van der Waals surface area contributed by atoms with Gasteiger partial charge >= 0.3 is 0 Å². The highest BCUT2D eigenvalue weighted by Gasteiger charge is 2.28. The van der Waals surface area contributed by atoms with Crippen LogP contribution in [0, 0.1) is 0 Å². The predicted octanol–water partition coefficient (Wildman–Crippen LogP) is 2.05. The maximum atomic E-state index is 13.2. The summed E-state index contributed by atoms with van der Waals surface area (Å²) in [5.41, 5.74) is 0.288. The molecule has 1 aliphatic heterocycles. The number of ether oxygens (including phenoxy) is 2. The lowest BCUT2D eigenvalue weighted by Crippen LogP contribution is -2.39. The largest absolute Gasteiger partial charge is 0.486 e. The molecule has 1 amide bonds. The van der Waals surface area contributed by atoms with E-state index < -0.39 is 15.9 Å². The van der Waals surface area contributed by atoms with E-state index in [0.29, 0.717) is 29.7 Å². The summed E-state index contributed by atoms with van der Waals surface area (Å²) >= 11 is 5.99. The van der Waals surface area contributed by atoms with E-state index in [-0.39, 0.29) is 17.1 Å². The molecule has 26 heavy (non-hydrogen) atoms. The quantitative estimate of drug-likeness (QED) is 0.836. The maximum absolute atomic E-state index is 13.2. The number of rotatable bonds is 5. The monoisotopic (exact) mass is 396 g/mol. The molecule has 0 saturated heterocycles. The molecular formula is C17H17ClN2O5S. The van der Waals surface area contributed by atoms with Crippen molar-refractivity contribution in [3.05, 3.63) is 47.5 Å². The number of nitrogens with one attached hydrogen (secondary N) is 1. The summed E-state index contributed by atoms with van der Waals surface area (Å²) < 4.78 is 38.3. The molecule has 0 fully saturated rings. The van der Waals surface area contributed by atoms with Crippen LogP contribution in [0.25, 0.3) is 0 Å². The number of anilines is 1. The third kappa shape index (κ3) is 3.71. The molecule has 0 bridgehead atoms. The Morgan fingerprint density at radius 3 is 2.58 bits per heavy atom. The molecule has 0 aromatic heterocycles. The first-order chi connectivity index (χ1) is 12.4. The lowest BCUT2D eigenvalue weighted by atomic mass is 10.3. The lowest BCUT2D eigenvalue weighted by molar-refractivity contribution is -0.119. The van der Waals surface area contributed by atoms with Crippen molar-refractivity contribution in [3.8, 4) is 11.5 Å². The zero-order valence-corrected chi connectivity index (χ0v) is 15.5. The number of sulfonamides is 1. The van der Waals surface area contributed by atoms with Gasteiger partial charge in [0, 0.05) is 18.1 Å². The van der Waals surface area contributed by atoms with Crippen LogP contribution in [0.5, 0.6) is 11.5 Å². The van der Waals surface area contributed by atoms with E-state index in [4.69, 9.17) is 21.1 Å². The molecule has 9 heteroatoms. The summed E-state index contributed by atoms with van der Waals surface area (Å²) in [7, 11) is -2.59. The van der Waals surface area contributed by atoms with Gasteiger partial charge in [0.05, 0.1) is 10.6 Å². The van der Waals surface area contributed by atoms with Gasteiger partial charge in [0.1, 0.15) is 19.8 Å². The average Bonchev–Trinajstić information content (AvgIpc) is 2.65. The molecule has 138 valence electrons. The van der Waals surface area contributed by atoms with Gasteiger partial charge in [0.25, 0.3) is 10.0 Å². The number of amides is 1. The van der Waals surface area contributed by atoms with Gasteiger partial charge in [-0.15, -0.1) is 0 Å². The van der Waals surface area contributed by atoms with Crippen LogP contribution in [-0.2, 0) is 14.8 Å². The summed E-state index contributed by atoms with van der Waals surface area (Å²) in [5.74, 6) is 0.380. The van der Waals surface area contributed by atoms with Crippen LogP contribution in [-0.4, -0.2) is 41.1 Å². The van der Waals surface area contributed by atoms with E-state index in [9.17, 15) is 13.2 Å². The molecule has 0 unspecified atom stereocenters. The number of halogens is 1. The number of likely N-dealkylation sites (N-methyl/N-ethyl adjacent to an activating group) is 1. The number of carbonyl (C=O) groups is 1. The number of nitrogens with zero attached hydrogens (tertiary/aromatic N) is 1. The molecule has 0 aliphatic carbocycles. The summed E-state index contributed by atoms with van der Waals surface area (Å²) in [6.07, 6.45) is 0. The standard InChI is InChI=1S/C17H17ClN2O5S/c1-19-17(21)11-20(13-4-2-3-12(18)9-13)26(22,23)14-5-6-15-16(10-14)25-8-7-24-15/h2-6,9-10H,7-8,11H2,1H3,(H,19,21). The Hall–Kier alpha value is -2.45. The van der Waals surface area contributed by atoms with Crippen molar-refractivity contribution >= 4 is 33.2 Å². The minimum Gasteiger partial charge on any atom is -0.486 e. The summed E-state index contributed by atoms with van der Waals surface area (Å²) in [6.45, 7) is 0.366. The highest BCUT2D eigenvalue weighted by Crippen LogP contribution is 2.34. The smallest absolute Gasteiger partial charge is 0.264 e. The van der Waals surface area contributed by atoms with Crippen molar-refractivity contribution in [3.63, 3.8) is 0 Å². The minimum atomic E-state index is -4.03. The Balaban J connectivity index is 2.05. The highest BCUT2D eigenvalue weighted by atomic mass is 35.5. The normalized spacial score (nSPS) is 13.2. The Bertz CT molecular complexity index is 933. The number of benzene rings is 2. The van der Waals surface area contributed by atoms with E-state index in [1.807, 2.05) is 0 Å². The fraction of sp³-hybridized carbons (Fsp3) is 0.235. The number of hydrogen-bond donors (Lipinski definition) is 1. The van der Waals surface area contributed by atoms with Gasteiger partial charge in [-0.25, -0.2) is 8.42 Å². The topological polar surface area (TPSA) is 84.9 Å². The highest BCUT2D eigenvalue weighted by molar-refractivity contribution is 7.92. The molecule has 1 N–H and O–H groups in total. The molecule has 1 heterocycles. The van der Waals surface area contributed by atoms with Crippen LogP contribution in [0.3, 0.4) is 0 Å². The molecule has 0 radical (unpaired) electrons. The zero-order chi connectivity index (χ0) is 18.7. The molecule has 0 saturated carbocycles. The van der Waals surface area contributed by atoms with Crippen molar-refractivity contribution in [1.82, 2.24) is 5.32 Å². The summed E-state index contributed by atoms with van der Waals surface area (Å²) in [4.78, 5) is 11.9. The molecule has 7 nitrogen and oxygen atoms in total. The van der Waals surface area contributed by atoms with Crippen LogP contribution in [0.4, 0.5) is 5.69 Å². The van der Waals surface area contributed by atoms with Crippen LogP contribution >= 0.6 is 11.6 Å². The van der Waals surface area contributed by atoms with Crippen molar-refractivity contribution < 1.29 is 22.7 Å². The lowest BCUT2D eigenvalue weighted by Gasteiger charge is -2.25. The summed E-state index contributed by atoms with van der Waals surface area (Å²) in [6, 6.07) is 10.7. The van der Waals surface area contributed by atoms with Crippen molar-refractivity contribution in [1.29, 1.82) is 0 Å². The van der Waals surface area contributed by atoms with Crippen LogP contribution in [0.15, 0.2) is 47.4 Å². The molecule has 2 aromatic carbocycles. The fourth-order valence-electron chi connectivity index (χ4n) is 2.47. The molecular weight excluding hydrogens is 380 g/mol. The third-order valence-corrected chi connectivity index (χ3v) is 5.77.